The first-order valence-electron chi connectivity index (χ1n) is 8.11. The maximum atomic E-state index is 12.3. The van der Waals surface area contributed by atoms with Crippen molar-refractivity contribution >= 4 is 11.9 Å². The highest BCUT2D eigenvalue weighted by atomic mass is 16.6. The van der Waals surface area contributed by atoms with E-state index in [2.05, 4.69) is 0 Å². The molecule has 0 saturated carbocycles. The number of piperidine rings is 1. The summed E-state index contributed by atoms with van der Waals surface area (Å²) in [6.07, 6.45) is 3.05. The first kappa shape index (κ1) is 17.8. The van der Waals surface area contributed by atoms with Crippen LogP contribution in [0.5, 0.6) is 5.75 Å². The number of hydrogen-bond acceptors (Lipinski definition) is 5. The predicted octanol–water partition coefficient (Wildman–Crippen LogP) is 2.27. The molecular weight excluding hydrogens is 308 g/mol. The van der Waals surface area contributed by atoms with Crippen LogP contribution in [0.2, 0.25) is 0 Å². The number of carbonyl (C=O) groups excluding carboxylic acids is 2. The van der Waals surface area contributed by atoms with Crippen molar-refractivity contribution in [2.45, 2.75) is 45.2 Å². The van der Waals surface area contributed by atoms with Gasteiger partial charge >= 0.3 is 5.97 Å². The van der Waals surface area contributed by atoms with Crippen molar-refractivity contribution in [1.82, 2.24) is 4.90 Å². The van der Waals surface area contributed by atoms with Gasteiger partial charge in [0.2, 0.25) is 0 Å². The van der Waals surface area contributed by atoms with Gasteiger partial charge in [-0.25, -0.2) is 4.79 Å². The quantitative estimate of drug-likeness (QED) is 0.774. The zero-order chi connectivity index (χ0) is 17.5. The molecule has 1 aliphatic heterocycles. The van der Waals surface area contributed by atoms with Gasteiger partial charge in [-0.2, -0.15) is 5.26 Å². The van der Waals surface area contributed by atoms with Crippen molar-refractivity contribution in [3.05, 3.63) is 29.8 Å². The van der Waals surface area contributed by atoms with Crippen molar-refractivity contribution in [2.24, 2.45) is 0 Å². The van der Waals surface area contributed by atoms with Gasteiger partial charge in [-0.05, 0) is 45.2 Å². The van der Waals surface area contributed by atoms with Gasteiger partial charge < -0.3 is 14.4 Å². The molecule has 24 heavy (non-hydrogen) atoms. The molecule has 6 heteroatoms. The lowest BCUT2D eigenvalue weighted by Gasteiger charge is -2.38. The molecule has 1 heterocycles. The van der Waals surface area contributed by atoms with Gasteiger partial charge in [0.15, 0.2) is 13.2 Å². The smallest absolute Gasteiger partial charge is 0.344 e. The summed E-state index contributed by atoms with van der Waals surface area (Å²) in [6, 6.07) is 8.95. The van der Waals surface area contributed by atoms with E-state index in [0.717, 1.165) is 19.3 Å². The molecule has 1 amide bonds. The summed E-state index contributed by atoms with van der Waals surface area (Å²) in [5.41, 5.74) is 0.345. The average molecular weight is 330 g/mol. The van der Waals surface area contributed by atoms with Crippen LogP contribution in [0.15, 0.2) is 24.3 Å². The number of hydrogen-bond donors (Lipinski definition) is 0. The van der Waals surface area contributed by atoms with Crippen LogP contribution in [0.4, 0.5) is 0 Å². The molecule has 0 aromatic heterocycles. The number of rotatable bonds is 5. The molecule has 0 N–H and O–H groups in total. The number of carbonyl (C=O) groups is 2. The van der Waals surface area contributed by atoms with Gasteiger partial charge in [0.05, 0.1) is 5.56 Å². The maximum absolute atomic E-state index is 12.3. The normalized spacial score (nSPS) is 20.1. The Morgan fingerprint density at radius 1 is 1.21 bits per heavy atom. The number of likely N-dealkylation sites (tertiary alicyclic amines) is 1. The first-order valence-corrected chi connectivity index (χ1v) is 8.11. The molecule has 2 atom stereocenters. The Morgan fingerprint density at radius 2 is 1.88 bits per heavy atom. The molecule has 1 aromatic rings. The Hall–Kier alpha value is -2.55. The fourth-order valence-electron chi connectivity index (χ4n) is 2.99. The fourth-order valence-corrected chi connectivity index (χ4v) is 2.99. The summed E-state index contributed by atoms with van der Waals surface area (Å²) in [5, 5.41) is 8.96. The van der Waals surface area contributed by atoms with E-state index in [9.17, 15) is 9.59 Å². The Balaban J connectivity index is 1.80. The number of esters is 1. The summed E-state index contributed by atoms with van der Waals surface area (Å²) >= 11 is 0. The van der Waals surface area contributed by atoms with Crippen LogP contribution in [0.25, 0.3) is 0 Å². The Morgan fingerprint density at radius 3 is 2.54 bits per heavy atom. The number of ether oxygens (including phenoxy) is 2. The lowest BCUT2D eigenvalue weighted by molar-refractivity contribution is -0.156. The van der Waals surface area contributed by atoms with Crippen LogP contribution in [-0.4, -0.2) is 42.1 Å². The molecule has 0 spiro atoms. The monoisotopic (exact) mass is 330 g/mol. The summed E-state index contributed by atoms with van der Waals surface area (Å²) in [7, 11) is 0. The van der Waals surface area contributed by atoms with Gasteiger partial charge in [-0.3, -0.25) is 4.79 Å². The minimum Gasteiger partial charge on any atom is -0.481 e. The molecule has 0 aliphatic carbocycles. The van der Waals surface area contributed by atoms with Crippen molar-refractivity contribution < 1.29 is 19.1 Å². The highest BCUT2D eigenvalue weighted by molar-refractivity contribution is 5.81. The molecule has 2 rings (SSSR count). The van der Waals surface area contributed by atoms with Gasteiger partial charge in [-0.1, -0.05) is 12.1 Å². The number of benzene rings is 1. The number of nitriles is 1. The van der Waals surface area contributed by atoms with Crippen molar-refractivity contribution in [3.63, 3.8) is 0 Å². The number of amides is 1. The van der Waals surface area contributed by atoms with Gasteiger partial charge in [0, 0.05) is 12.1 Å². The molecule has 1 saturated heterocycles. The van der Waals surface area contributed by atoms with Crippen LogP contribution < -0.4 is 4.74 Å². The summed E-state index contributed by atoms with van der Waals surface area (Å²) in [6.45, 7) is 3.41. The van der Waals surface area contributed by atoms with Crippen molar-refractivity contribution in [2.75, 3.05) is 13.2 Å². The third-order valence-electron chi connectivity index (χ3n) is 4.19. The van der Waals surface area contributed by atoms with Crippen LogP contribution in [0.1, 0.15) is 38.7 Å². The lowest BCUT2D eigenvalue weighted by Crippen LogP contribution is -2.49. The van der Waals surface area contributed by atoms with E-state index >= 15 is 0 Å². The minimum atomic E-state index is -0.631. The standard InChI is InChI=1S/C18H22N2O4/c1-13-6-5-7-14(2)20(13)17(21)11-24-18(22)12-23-16-9-4-3-8-15(16)10-19/h3-4,8-9,13-14H,5-7,11-12H2,1-2H3/t13-,14+. The first-order chi connectivity index (χ1) is 11.5. The predicted molar refractivity (Wildman–Crippen MR) is 87.2 cm³/mol. The van der Waals surface area contributed by atoms with Crippen LogP contribution in [0.3, 0.4) is 0 Å². The van der Waals surface area contributed by atoms with E-state index in [0.29, 0.717) is 11.3 Å². The third kappa shape index (κ3) is 4.48. The second-order valence-electron chi connectivity index (χ2n) is 5.99. The van der Waals surface area contributed by atoms with Crippen molar-refractivity contribution in [1.29, 1.82) is 5.26 Å². The highest BCUT2D eigenvalue weighted by Gasteiger charge is 2.29. The van der Waals surface area contributed by atoms with Gasteiger partial charge in [0.1, 0.15) is 11.8 Å². The van der Waals surface area contributed by atoms with E-state index in [4.69, 9.17) is 14.7 Å². The minimum absolute atomic E-state index is 0.165. The third-order valence-corrected chi connectivity index (χ3v) is 4.19. The van der Waals surface area contributed by atoms with Crippen molar-refractivity contribution in [3.8, 4) is 11.8 Å². The molecule has 6 nitrogen and oxygen atoms in total. The highest BCUT2D eigenvalue weighted by Crippen LogP contribution is 2.22. The topological polar surface area (TPSA) is 79.6 Å². The molecule has 1 aliphatic rings. The van der Waals surface area contributed by atoms with E-state index in [1.165, 1.54) is 0 Å². The van der Waals surface area contributed by atoms with Crippen LogP contribution in [0, 0.1) is 11.3 Å². The SMILES string of the molecule is C[C@@H]1CCC[C@H](C)N1C(=O)COC(=O)COc1ccccc1C#N. The van der Waals surface area contributed by atoms with Gasteiger partial charge in [0.25, 0.3) is 5.91 Å². The second kappa shape index (κ2) is 8.34. The zero-order valence-electron chi connectivity index (χ0n) is 14.0. The molecule has 0 bridgehead atoms. The van der Waals surface area contributed by atoms with E-state index in [1.807, 2.05) is 19.9 Å². The van der Waals surface area contributed by atoms with Crippen LogP contribution in [-0.2, 0) is 14.3 Å². The summed E-state index contributed by atoms with van der Waals surface area (Å²) < 4.78 is 10.3. The molecule has 0 unspecified atom stereocenters. The van der Waals surface area contributed by atoms with E-state index in [1.54, 1.807) is 29.2 Å². The number of para-hydroxylation sites is 1. The van der Waals surface area contributed by atoms with Crippen LogP contribution >= 0.6 is 0 Å². The van der Waals surface area contributed by atoms with E-state index < -0.39 is 5.97 Å². The second-order valence-corrected chi connectivity index (χ2v) is 5.99. The lowest BCUT2D eigenvalue weighted by atomic mass is 9.97. The molecule has 1 aromatic carbocycles. The molecule has 128 valence electrons. The number of nitrogens with zero attached hydrogens (tertiary/aromatic N) is 2. The summed E-state index contributed by atoms with van der Waals surface area (Å²) in [4.78, 5) is 25.8. The molecular formula is C18H22N2O4. The molecule has 1 fully saturated rings. The molecule has 0 radical (unpaired) electrons. The average Bonchev–Trinajstić information content (AvgIpc) is 2.58. The maximum Gasteiger partial charge on any atom is 0.344 e. The van der Waals surface area contributed by atoms with E-state index in [-0.39, 0.29) is 31.2 Å². The Labute approximate surface area is 142 Å². The largest absolute Gasteiger partial charge is 0.481 e. The summed E-state index contributed by atoms with van der Waals surface area (Å²) in [5.74, 6) is -0.490. The fraction of sp³-hybridized carbons (Fsp3) is 0.500. The van der Waals surface area contributed by atoms with Gasteiger partial charge in [-0.15, -0.1) is 0 Å². The zero-order valence-corrected chi connectivity index (χ0v) is 14.0. The Kier molecular flexibility index (Phi) is 6.19. The Bertz CT molecular complexity index is 628.